The fraction of sp³-hybridized carbons (Fsp3) is 0.125. The van der Waals surface area contributed by atoms with E-state index in [1.165, 1.54) is 0 Å². The van der Waals surface area contributed by atoms with Gasteiger partial charge in [-0.05, 0) is 17.7 Å². The molecule has 0 saturated heterocycles. The summed E-state index contributed by atoms with van der Waals surface area (Å²) < 4.78 is 0. The van der Waals surface area contributed by atoms with Gasteiger partial charge in [-0.1, -0.05) is 17.7 Å². The molecule has 0 radical (unpaired) electrons. The van der Waals surface area contributed by atoms with E-state index in [0.717, 1.165) is 5.56 Å². The molecule has 0 aliphatic heterocycles. The van der Waals surface area contributed by atoms with Crippen LogP contribution in [-0.4, -0.2) is 0 Å². The standard InChI is InChI=1S/C8H5Cl2N/c9-4-7-2-1-6(5-11)3-8(7)10/h1-3H,4H2. The number of halogens is 2. The third-order valence-corrected chi connectivity index (χ3v) is 1.97. The molecule has 0 fully saturated rings. The van der Waals surface area contributed by atoms with Crippen molar-refractivity contribution in [3.05, 3.63) is 34.3 Å². The lowest BCUT2D eigenvalue weighted by Gasteiger charge is -1.97. The third kappa shape index (κ3) is 1.86. The number of nitriles is 1. The van der Waals surface area contributed by atoms with Gasteiger partial charge in [-0.25, -0.2) is 0 Å². The Kier molecular flexibility index (Phi) is 2.76. The molecule has 0 aliphatic carbocycles. The summed E-state index contributed by atoms with van der Waals surface area (Å²) in [6.07, 6.45) is 0. The molecule has 0 aliphatic rings. The molecule has 1 rings (SSSR count). The minimum absolute atomic E-state index is 0.380. The maximum atomic E-state index is 8.48. The van der Waals surface area contributed by atoms with Crippen molar-refractivity contribution in [2.75, 3.05) is 0 Å². The Labute approximate surface area is 75.2 Å². The molecular weight excluding hydrogens is 181 g/mol. The normalized spacial score (nSPS) is 9.18. The lowest BCUT2D eigenvalue weighted by molar-refractivity contribution is 1.38. The number of benzene rings is 1. The molecule has 0 unspecified atom stereocenters. The zero-order valence-corrected chi connectivity index (χ0v) is 7.15. The van der Waals surface area contributed by atoms with Gasteiger partial charge in [0, 0.05) is 10.9 Å². The van der Waals surface area contributed by atoms with E-state index in [-0.39, 0.29) is 0 Å². The van der Waals surface area contributed by atoms with Crippen LogP contribution >= 0.6 is 23.2 Å². The minimum Gasteiger partial charge on any atom is -0.192 e. The summed E-state index contributed by atoms with van der Waals surface area (Å²) in [7, 11) is 0. The van der Waals surface area contributed by atoms with E-state index in [4.69, 9.17) is 28.5 Å². The molecular formula is C8H5Cl2N. The number of hydrogen-bond acceptors (Lipinski definition) is 1. The summed E-state index contributed by atoms with van der Waals surface area (Å²) in [6.45, 7) is 0. The first kappa shape index (κ1) is 8.39. The van der Waals surface area contributed by atoms with Crippen molar-refractivity contribution < 1.29 is 0 Å². The monoisotopic (exact) mass is 185 g/mol. The van der Waals surface area contributed by atoms with Crippen molar-refractivity contribution in [3.63, 3.8) is 0 Å². The molecule has 3 heteroatoms. The topological polar surface area (TPSA) is 23.8 Å². The molecule has 0 N–H and O–H groups in total. The van der Waals surface area contributed by atoms with Crippen LogP contribution in [0.5, 0.6) is 0 Å². The van der Waals surface area contributed by atoms with Gasteiger partial charge in [0.05, 0.1) is 11.6 Å². The van der Waals surface area contributed by atoms with Gasteiger partial charge in [-0.2, -0.15) is 5.26 Å². The van der Waals surface area contributed by atoms with Gasteiger partial charge >= 0.3 is 0 Å². The Morgan fingerprint density at radius 1 is 1.45 bits per heavy atom. The van der Waals surface area contributed by atoms with Gasteiger partial charge in [-0.15, -0.1) is 11.6 Å². The summed E-state index contributed by atoms with van der Waals surface area (Å²) in [5.74, 6) is 0.380. The first-order chi connectivity index (χ1) is 5.27. The highest BCUT2D eigenvalue weighted by molar-refractivity contribution is 6.32. The second kappa shape index (κ2) is 3.61. The van der Waals surface area contributed by atoms with Crippen molar-refractivity contribution in [2.45, 2.75) is 5.88 Å². The quantitative estimate of drug-likeness (QED) is 0.618. The maximum Gasteiger partial charge on any atom is 0.0992 e. The van der Waals surface area contributed by atoms with E-state index in [9.17, 15) is 0 Å². The van der Waals surface area contributed by atoms with Crippen LogP contribution in [0.25, 0.3) is 0 Å². The van der Waals surface area contributed by atoms with Gasteiger partial charge in [0.2, 0.25) is 0 Å². The van der Waals surface area contributed by atoms with Crippen molar-refractivity contribution in [1.82, 2.24) is 0 Å². The summed E-state index contributed by atoms with van der Waals surface area (Å²) >= 11 is 11.3. The Bertz CT molecular complexity index is 301. The summed E-state index contributed by atoms with van der Waals surface area (Å²) in [6, 6.07) is 7.06. The zero-order chi connectivity index (χ0) is 8.27. The van der Waals surface area contributed by atoms with Crippen LogP contribution in [0.15, 0.2) is 18.2 Å². The molecule has 0 bridgehead atoms. The summed E-state index contributed by atoms with van der Waals surface area (Å²) in [5.41, 5.74) is 1.41. The first-order valence-corrected chi connectivity index (χ1v) is 3.93. The second-order valence-electron chi connectivity index (χ2n) is 2.05. The Morgan fingerprint density at radius 2 is 2.18 bits per heavy atom. The van der Waals surface area contributed by atoms with Crippen LogP contribution in [0.4, 0.5) is 0 Å². The van der Waals surface area contributed by atoms with E-state index in [2.05, 4.69) is 0 Å². The van der Waals surface area contributed by atoms with E-state index in [1.807, 2.05) is 6.07 Å². The molecule has 1 aromatic carbocycles. The SMILES string of the molecule is N#Cc1ccc(CCl)c(Cl)c1. The van der Waals surface area contributed by atoms with Gasteiger partial charge in [0.1, 0.15) is 0 Å². The first-order valence-electron chi connectivity index (χ1n) is 3.02. The summed E-state index contributed by atoms with van der Waals surface area (Å²) in [4.78, 5) is 0. The Morgan fingerprint density at radius 3 is 2.64 bits per heavy atom. The minimum atomic E-state index is 0.380. The predicted octanol–water partition coefficient (Wildman–Crippen LogP) is 2.95. The average molecular weight is 186 g/mol. The maximum absolute atomic E-state index is 8.48. The fourth-order valence-electron chi connectivity index (χ4n) is 0.725. The van der Waals surface area contributed by atoms with Gasteiger partial charge in [-0.3, -0.25) is 0 Å². The van der Waals surface area contributed by atoms with E-state index in [0.29, 0.717) is 16.5 Å². The predicted molar refractivity (Wildman–Crippen MR) is 45.7 cm³/mol. The lowest BCUT2D eigenvalue weighted by atomic mass is 10.2. The van der Waals surface area contributed by atoms with Crippen molar-refractivity contribution in [3.8, 4) is 6.07 Å². The van der Waals surface area contributed by atoms with Crippen molar-refractivity contribution >= 4 is 23.2 Å². The Hall–Kier alpha value is -0.710. The van der Waals surface area contributed by atoms with Crippen molar-refractivity contribution in [1.29, 1.82) is 5.26 Å². The molecule has 0 amide bonds. The molecule has 0 atom stereocenters. The van der Waals surface area contributed by atoms with Crippen LogP contribution < -0.4 is 0 Å². The largest absolute Gasteiger partial charge is 0.192 e. The van der Waals surface area contributed by atoms with Crippen LogP contribution in [0.2, 0.25) is 5.02 Å². The number of nitrogens with zero attached hydrogens (tertiary/aromatic N) is 1. The van der Waals surface area contributed by atoms with Gasteiger partial charge in [0.25, 0.3) is 0 Å². The van der Waals surface area contributed by atoms with Crippen LogP contribution in [0, 0.1) is 11.3 Å². The Balaban J connectivity index is 3.12. The molecule has 0 spiro atoms. The highest BCUT2D eigenvalue weighted by atomic mass is 35.5. The van der Waals surface area contributed by atoms with Gasteiger partial charge in [0.15, 0.2) is 0 Å². The number of hydrogen-bond donors (Lipinski definition) is 0. The molecule has 56 valence electrons. The molecule has 0 aromatic heterocycles. The third-order valence-electron chi connectivity index (χ3n) is 1.33. The highest BCUT2D eigenvalue weighted by Gasteiger charge is 1.98. The van der Waals surface area contributed by atoms with E-state index < -0.39 is 0 Å². The molecule has 1 aromatic rings. The van der Waals surface area contributed by atoms with E-state index in [1.54, 1.807) is 18.2 Å². The van der Waals surface area contributed by atoms with Gasteiger partial charge < -0.3 is 0 Å². The van der Waals surface area contributed by atoms with Crippen LogP contribution in [0.3, 0.4) is 0 Å². The number of alkyl halides is 1. The summed E-state index contributed by atoms with van der Waals surface area (Å²) in [5, 5.41) is 9.04. The second-order valence-corrected chi connectivity index (χ2v) is 2.73. The van der Waals surface area contributed by atoms with E-state index >= 15 is 0 Å². The zero-order valence-electron chi connectivity index (χ0n) is 5.64. The average Bonchev–Trinajstić information content (AvgIpc) is 2.04. The molecule has 0 saturated carbocycles. The molecule has 0 heterocycles. The molecule has 11 heavy (non-hydrogen) atoms. The fourth-order valence-corrected chi connectivity index (χ4v) is 1.27. The van der Waals surface area contributed by atoms with Crippen LogP contribution in [0.1, 0.15) is 11.1 Å². The smallest absolute Gasteiger partial charge is 0.0992 e. The van der Waals surface area contributed by atoms with Crippen LogP contribution in [-0.2, 0) is 5.88 Å². The molecule has 1 nitrogen and oxygen atoms in total. The van der Waals surface area contributed by atoms with Crippen molar-refractivity contribution in [2.24, 2.45) is 0 Å². The number of rotatable bonds is 1. The highest BCUT2D eigenvalue weighted by Crippen LogP contribution is 2.18. The lowest BCUT2D eigenvalue weighted by Crippen LogP contribution is -1.81.